The van der Waals surface area contributed by atoms with Gasteiger partial charge in [-0.05, 0) is 25.1 Å². The van der Waals surface area contributed by atoms with E-state index in [2.05, 4.69) is 4.98 Å². The van der Waals surface area contributed by atoms with Crippen molar-refractivity contribution in [2.24, 2.45) is 0 Å². The highest BCUT2D eigenvalue weighted by atomic mass is 35.5. The fraction of sp³-hybridized carbons (Fsp3) is 0.154. The number of benzene rings is 1. The van der Waals surface area contributed by atoms with Crippen LogP contribution in [0.1, 0.15) is 11.3 Å². The number of nitrogens with zero attached hydrogens (tertiary/aromatic N) is 1. The Labute approximate surface area is 104 Å². The number of alkyl halides is 1. The van der Waals surface area contributed by atoms with Crippen LogP contribution < -0.4 is 4.74 Å². The molecular weight excluding hydrogens is 241 g/mol. The van der Waals surface area contributed by atoms with E-state index in [0.717, 1.165) is 0 Å². The van der Waals surface area contributed by atoms with E-state index in [-0.39, 0.29) is 11.6 Å². The Morgan fingerprint density at radius 3 is 2.82 bits per heavy atom. The first-order valence-electron chi connectivity index (χ1n) is 5.15. The normalized spacial score (nSPS) is 10.3. The zero-order chi connectivity index (χ0) is 12.3. The van der Waals surface area contributed by atoms with Crippen LogP contribution in [0.5, 0.6) is 11.5 Å². The van der Waals surface area contributed by atoms with Crippen molar-refractivity contribution in [1.29, 1.82) is 0 Å². The number of aryl methyl sites for hydroxylation is 1. The van der Waals surface area contributed by atoms with Crippen LogP contribution in [0.2, 0.25) is 0 Å². The maximum absolute atomic E-state index is 13.7. The third-order valence-corrected chi connectivity index (χ3v) is 2.65. The smallest absolute Gasteiger partial charge is 0.167 e. The van der Waals surface area contributed by atoms with Gasteiger partial charge >= 0.3 is 0 Å². The van der Waals surface area contributed by atoms with Crippen LogP contribution in [0.3, 0.4) is 0 Å². The minimum atomic E-state index is -0.425. The Hall–Kier alpha value is -1.61. The molecule has 0 aliphatic rings. The van der Waals surface area contributed by atoms with E-state index < -0.39 is 5.82 Å². The van der Waals surface area contributed by atoms with Crippen molar-refractivity contribution >= 4 is 11.6 Å². The second-order valence-corrected chi connectivity index (χ2v) is 3.82. The van der Waals surface area contributed by atoms with Gasteiger partial charge in [-0.3, -0.25) is 4.98 Å². The van der Waals surface area contributed by atoms with Gasteiger partial charge in [0.2, 0.25) is 0 Å². The van der Waals surface area contributed by atoms with E-state index in [4.69, 9.17) is 16.3 Å². The summed E-state index contributed by atoms with van der Waals surface area (Å²) in [5.74, 6) is 0.473. The van der Waals surface area contributed by atoms with Crippen LogP contribution in [0, 0.1) is 12.7 Å². The first-order valence-corrected chi connectivity index (χ1v) is 5.68. The molecule has 0 radical (unpaired) electrons. The van der Waals surface area contributed by atoms with Crippen LogP contribution in [0.15, 0.2) is 36.5 Å². The lowest BCUT2D eigenvalue weighted by Gasteiger charge is -2.11. The number of hydrogen-bond donors (Lipinski definition) is 0. The molecule has 1 heterocycles. The highest BCUT2D eigenvalue weighted by Crippen LogP contribution is 2.30. The number of hydrogen-bond acceptors (Lipinski definition) is 2. The second kappa shape index (κ2) is 5.15. The molecule has 0 fully saturated rings. The highest BCUT2D eigenvalue weighted by Gasteiger charge is 2.11. The van der Waals surface area contributed by atoms with Crippen molar-refractivity contribution in [3.63, 3.8) is 0 Å². The number of pyridine rings is 1. The summed E-state index contributed by atoms with van der Waals surface area (Å²) in [5.41, 5.74) is 1.33. The molecule has 2 nitrogen and oxygen atoms in total. The average molecular weight is 252 g/mol. The third-order valence-electron chi connectivity index (χ3n) is 2.36. The summed E-state index contributed by atoms with van der Waals surface area (Å²) in [5, 5.41) is 0. The van der Waals surface area contributed by atoms with Gasteiger partial charge < -0.3 is 4.74 Å². The number of para-hydroxylation sites is 1. The number of rotatable bonds is 3. The van der Waals surface area contributed by atoms with Gasteiger partial charge in [-0.1, -0.05) is 12.1 Å². The van der Waals surface area contributed by atoms with Crippen LogP contribution in [0.4, 0.5) is 4.39 Å². The van der Waals surface area contributed by atoms with E-state index in [1.807, 2.05) is 0 Å². The molecule has 0 spiro atoms. The lowest BCUT2D eigenvalue weighted by Crippen LogP contribution is -1.95. The summed E-state index contributed by atoms with van der Waals surface area (Å²) in [4.78, 5) is 4.08. The molecule has 0 aliphatic heterocycles. The zero-order valence-electron chi connectivity index (χ0n) is 9.28. The van der Waals surface area contributed by atoms with E-state index in [1.165, 1.54) is 6.07 Å². The van der Waals surface area contributed by atoms with E-state index in [1.54, 1.807) is 37.4 Å². The Kier molecular flexibility index (Phi) is 3.59. The van der Waals surface area contributed by atoms with E-state index >= 15 is 0 Å². The molecule has 4 heteroatoms. The molecule has 0 aliphatic carbocycles. The summed E-state index contributed by atoms with van der Waals surface area (Å²) in [7, 11) is 0. The molecular formula is C13H11ClFNO. The fourth-order valence-electron chi connectivity index (χ4n) is 1.46. The van der Waals surface area contributed by atoms with Crippen molar-refractivity contribution < 1.29 is 9.13 Å². The Bertz CT molecular complexity index is 531. The molecule has 0 amide bonds. The quantitative estimate of drug-likeness (QED) is 0.768. The topological polar surface area (TPSA) is 22.1 Å². The minimum Gasteiger partial charge on any atom is -0.452 e. The first-order chi connectivity index (χ1) is 8.22. The maximum Gasteiger partial charge on any atom is 0.167 e. The molecule has 88 valence electrons. The molecule has 0 N–H and O–H groups in total. The van der Waals surface area contributed by atoms with E-state index in [0.29, 0.717) is 17.0 Å². The summed E-state index contributed by atoms with van der Waals surface area (Å²) >= 11 is 5.75. The minimum absolute atomic E-state index is 0.165. The molecule has 0 unspecified atom stereocenters. The highest BCUT2D eigenvalue weighted by molar-refractivity contribution is 6.17. The number of halogens is 2. The van der Waals surface area contributed by atoms with E-state index in [9.17, 15) is 4.39 Å². The first kappa shape index (κ1) is 11.9. The predicted octanol–water partition coefficient (Wildman–Crippen LogP) is 4.06. The summed E-state index contributed by atoms with van der Waals surface area (Å²) in [6, 6.07) is 8.17. The van der Waals surface area contributed by atoms with Gasteiger partial charge in [0.1, 0.15) is 5.75 Å². The monoisotopic (exact) mass is 251 g/mol. The van der Waals surface area contributed by atoms with Crippen LogP contribution in [0.25, 0.3) is 0 Å². The van der Waals surface area contributed by atoms with Gasteiger partial charge in [0.25, 0.3) is 0 Å². The molecule has 1 aromatic carbocycles. The van der Waals surface area contributed by atoms with Gasteiger partial charge in [0.15, 0.2) is 11.6 Å². The second-order valence-electron chi connectivity index (χ2n) is 3.55. The van der Waals surface area contributed by atoms with Crippen molar-refractivity contribution in [3.8, 4) is 11.5 Å². The third kappa shape index (κ3) is 2.56. The SMILES string of the molecule is Cc1ncccc1Oc1c(F)cccc1CCl. The lowest BCUT2D eigenvalue weighted by molar-refractivity contribution is 0.433. The fourth-order valence-corrected chi connectivity index (χ4v) is 1.67. The van der Waals surface area contributed by atoms with Gasteiger partial charge in [0, 0.05) is 11.8 Å². The largest absolute Gasteiger partial charge is 0.452 e. The predicted molar refractivity (Wildman–Crippen MR) is 65.0 cm³/mol. The number of ether oxygens (including phenoxy) is 1. The molecule has 0 atom stereocenters. The molecule has 0 saturated carbocycles. The van der Waals surface area contributed by atoms with Crippen molar-refractivity contribution in [2.75, 3.05) is 0 Å². The van der Waals surface area contributed by atoms with Gasteiger partial charge in [-0.2, -0.15) is 0 Å². The van der Waals surface area contributed by atoms with Crippen molar-refractivity contribution in [2.45, 2.75) is 12.8 Å². The molecule has 0 saturated heterocycles. The standard InChI is InChI=1S/C13H11ClFNO/c1-9-12(6-3-7-16-9)17-13-10(8-14)4-2-5-11(13)15/h2-7H,8H2,1H3. The summed E-state index contributed by atoms with van der Waals surface area (Å²) in [6.45, 7) is 1.80. The summed E-state index contributed by atoms with van der Waals surface area (Å²) in [6.07, 6.45) is 1.66. The zero-order valence-corrected chi connectivity index (χ0v) is 10.0. The number of aromatic nitrogens is 1. The van der Waals surface area contributed by atoms with Crippen molar-refractivity contribution in [3.05, 3.63) is 53.6 Å². The molecule has 2 aromatic rings. The van der Waals surface area contributed by atoms with Crippen LogP contribution >= 0.6 is 11.6 Å². The van der Waals surface area contributed by atoms with Gasteiger partial charge in [0.05, 0.1) is 11.6 Å². The molecule has 1 aromatic heterocycles. The molecule has 2 rings (SSSR count). The Morgan fingerprint density at radius 2 is 2.12 bits per heavy atom. The van der Waals surface area contributed by atoms with Crippen LogP contribution in [-0.2, 0) is 5.88 Å². The summed E-state index contributed by atoms with van der Waals surface area (Å²) < 4.78 is 19.2. The lowest BCUT2D eigenvalue weighted by atomic mass is 10.2. The van der Waals surface area contributed by atoms with Crippen molar-refractivity contribution in [1.82, 2.24) is 4.98 Å². The van der Waals surface area contributed by atoms with Gasteiger partial charge in [-0.15, -0.1) is 11.6 Å². The van der Waals surface area contributed by atoms with Gasteiger partial charge in [-0.25, -0.2) is 4.39 Å². The Morgan fingerprint density at radius 1 is 1.29 bits per heavy atom. The maximum atomic E-state index is 13.7. The molecule has 0 bridgehead atoms. The Balaban J connectivity index is 2.39. The molecule has 17 heavy (non-hydrogen) atoms. The van der Waals surface area contributed by atoms with Crippen LogP contribution in [-0.4, -0.2) is 4.98 Å². The average Bonchev–Trinajstić information content (AvgIpc) is 2.34.